The molecule has 1 N–H and O–H groups in total. The van der Waals surface area contributed by atoms with Gasteiger partial charge in [-0.05, 0) is 31.5 Å². The molecule has 2 aromatic rings. The van der Waals surface area contributed by atoms with E-state index in [1.54, 1.807) is 6.92 Å². The van der Waals surface area contributed by atoms with Gasteiger partial charge in [0, 0.05) is 5.69 Å². The van der Waals surface area contributed by atoms with Crippen molar-refractivity contribution < 1.29 is 22.0 Å². The first-order valence-corrected chi connectivity index (χ1v) is 9.11. The highest BCUT2D eigenvalue weighted by Gasteiger charge is 2.31. The number of nitrogens with one attached hydrogen (secondary N) is 1. The minimum absolute atomic E-state index is 0.0283. The zero-order valence-corrected chi connectivity index (χ0v) is 13.6. The Hall–Kier alpha value is -2.29. The van der Waals surface area contributed by atoms with Crippen LogP contribution in [0.2, 0.25) is 0 Å². The van der Waals surface area contributed by atoms with Gasteiger partial charge < -0.3 is 5.32 Å². The number of aromatic nitrogens is 2. The van der Waals surface area contributed by atoms with Gasteiger partial charge in [-0.2, -0.15) is 5.10 Å². The van der Waals surface area contributed by atoms with Crippen LogP contribution in [-0.2, 0) is 9.84 Å². The van der Waals surface area contributed by atoms with Crippen LogP contribution in [0.5, 0.6) is 0 Å². The number of anilines is 1. The summed E-state index contributed by atoms with van der Waals surface area (Å²) in [7, 11) is -3.09. The van der Waals surface area contributed by atoms with Gasteiger partial charge in [-0.1, -0.05) is 6.07 Å². The van der Waals surface area contributed by atoms with Crippen LogP contribution in [0.1, 0.15) is 28.6 Å². The van der Waals surface area contributed by atoms with Crippen molar-refractivity contribution in [1.29, 1.82) is 0 Å². The summed E-state index contributed by atoms with van der Waals surface area (Å²) < 4.78 is 51.8. The monoisotopic (exact) mass is 355 g/mol. The second kappa shape index (κ2) is 5.97. The molecule has 9 heteroatoms. The smallest absolute Gasteiger partial charge is 0.276 e. The third-order valence-corrected chi connectivity index (χ3v) is 5.66. The van der Waals surface area contributed by atoms with Gasteiger partial charge in [-0.25, -0.2) is 17.2 Å². The Morgan fingerprint density at radius 3 is 2.58 bits per heavy atom. The van der Waals surface area contributed by atoms with Crippen molar-refractivity contribution in [3.63, 3.8) is 0 Å². The molecule has 1 aliphatic heterocycles. The fourth-order valence-electron chi connectivity index (χ4n) is 2.73. The van der Waals surface area contributed by atoms with E-state index < -0.39 is 33.1 Å². The van der Waals surface area contributed by atoms with Gasteiger partial charge >= 0.3 is 0 Å². The van der Waals surface area contributed by atoms with Crippen LogP contribution in [0.3, 0.4) is 0 Å². The fraction of sp³-hybridized carbons (Fsp3) is 0.333. The van der Waals surface area contributed by atoms with Crippen molar-refractivity contribution in [3.8, 4) is 0 Å². The molecule has 1 aliphatic rings. The van der Waals surface area contributed by atoms with Gasteiger partial charge in [-0.15, -0.1) is 0 Å². The van der Waals surface area contributed by atoms with Crippen LogP contribution >= 0.6 is 0 Å². The second-order valence-electron chi connectivity index (χ2n) is 5.72. The molecule has 0 saturated carbocycles. The van der Waals surface area contributed by atoms with Crippen LogP contribution < -0.4 is 5.32 Å². The van der Waals surface area contributed by atoms with E-state index in [9.17, 15) is 22.0 Å². The van der Waals surface area contributed by atoms with Gasteiger partial charge in [0.25, 0.3) is 5.91 Å². The number of halogens is 2. The van der Waals surface area contributed by atoms with Crippen LogP contribution in [0, 0.1) is 18.6 Å². The third kappa shape index (κ3) is 3.16. The molecule has 0 spiro atoms. The van der Waals surface area contributed by atoms with Crippen molar-refractivity contribution in [3.05, 3.63) is 47.3 Å². The molecule has 1 atom stereocenters. The van der Waals surface area contributed by atoms with Crippen molar-refractivity contribution in [2.75, 3.05) is 16.8 Å². The minimum Gasteiger partial charge on any atom is -0.316 e. The Morgan fingerprint density at radius 1 is 1.33 bits per heavy atom. The first-order chi connectivity index (χ1) is 11.3. The molecular formula is C15H15F2N3O3S. The summed E-state index contributed by atoms with van der Waals surface area (Å²) in [4.78, 5) is 12.2. The molecule has 0 bridgehead atoms. The van der Waals surface area contributed by atoms with Crippen molar-refractivity contribution in [2.24, 2.45) is 0 Å². The summed E-state index contributed by atoms with van der Waals surface area (Å²) in [5.41, 5.74) is 0.0360. The number of nitrogens with zero attached hydrogens (tertiary/aromatic N) is 2. The zero-order chi connectivity index (χ0) is 17.5. The Morgan fingerprint density at radius 2 is 2.00 bits per heavy atom. The Balaban J connectivity index is 1.83. The van der Waals surface area contributed by atoms with E-state index in [-0.39, 0.29) is 23.2 Å². The predicted molar refractivity (Wildman–Crippen MR) is 83.6 cm³/mol. The SMILES string of the molecule is Cc1cc(C(=O)Nc2c(F)cccc2F)nn1C1CCS(=O)(=O)C1. The van der Waals surface area contributed by atoms with E-state index in [1.165, 1.54) is 16.8 Å². The lowest BCUT2D eigenvalue weighted by Crippen LogP contribution is -2.17. The van der Waals surface area contributed by atoms with Gasteiger partial charge in [0.15, 0.2) is 15.5 Å². The van der Waals surface area contributed by atoms with E-state index in [2.05, 4.69) is 10.4 Å². The molecular weight excluding hydrogens is 340 g/mol. The van der Waals surface area contributed by atoms with Crippen molar-refractivity contribution >= 4 is 21.4 Å². The summed E-state index contributed by atoms with van der Waals surface area (Å²) in [6.45, 7) is 1.69. The summed E-state index contributed by atoms with van der Waals surface area (Å²) in [6, 6.07) is 4.39. The van der Waals surface area contributed by atoms with Gasteiger partial charge in [0.2, 0.25) is 0 Å². The average Bonchev–Trinajstić information content (AvgIpc) is 3.05. The third-order valence-electron chi connectivity index (χ3n) is 3.91. The summed E-state index contributed by atoms with van der Waals surface area (Å²) in [5, 5.41) is 6.27. The standard InChI is InChI=1S/C15H15F2N3O3S/c1-9-7-13(19-20(9)10-5-6-24(22,23)8-10)15(21)18-14-11(16)3-2-4-12(14)17/h2-4,7,10H,5-6,8H2,1H3,(H,18,21). The average molecular weight is 355 g/mol. The van der Waals surface area contributed by atoms with E-state index in [0.29, 0.717) is 12.1 Å². The molecule has 1 amide bonds. The highest BCUT2D eigenvalue weighted by atomic mass is 32.2. The van der Waals surface area contributed by atoms with Gasteiger partial charge in [0.05, 0.1) is 17.5 Å². The van der Waals surface area contributed by atoms with Crippen LogP contribution in [-0.4, -0.2) is 35.6 Å². The van der Waals surface area contributed by atoms with E-state index in [4.69, 9.17) is 0 Å². The number of rotatable bonds is 3. The number of carbonyl (C=O) groups is 1. The van der Waals surface area contributed by atoms with Crippen LogP contribution in [0.15, 0.2) is 24.3 Å². The number of hydrogen-bond donors (Lipinski definition) is 1. The van der Waals surface area contributed by atoms with Gasteiger partial charge in [0.1, 0.15) is 17.3 Å². The zero-order valence-electron chi connectivity index (χ0n) is 12.8. The first-order valence-electron chi connectivity index (χ1n) is 7.29. The summed E-state index contributed by atoms with van der Waals surface area (Å²) in [5.74, 6) is -2.48. The number of aryl methyl sites for hydroxylation is 1. The number of amides is 1. The molecule has 2 heterocycles. The normalized spacial score (nSPS) is 19.4. The number of carbonyl (C=O) groups excluding carboxylic acids is 1. The lowest BCUT2D eigenvalue weighted by Gasteiger charge is -2.10. The molecule has 128 valence electrons. The maximum atomic E-state index is 13.6. The fourth-order valence-corrected chi connectivity index (χ4v) is 4.42. The molecule has 1 saturated heterocycles. The molecule has 1 fully saturated rings. The summed E-state index contributed by atoms with van der Waals surface area (Å²) >= 11 is 0. The molecule has 6 nitrogen and oxygen atoms in total. The van der Waals surface area contributed by atoms with Crippen LogP contribution in [0.25, 0.3) is 0 Å². The molecule has 0 aliphatic carbocycles. The lowest BCUT2D eigenvalue weighted by atomic mass is 10.2. The quantitative estimate of drug-likeness (QED) is 0.914. The minimum atomic E-state index is -3.09. The lowest BCUT2D eigenvalue weighted by molar-refractivity contribution is 0.102. The Kier molecular flexibility index (Phi) is 4.12. The predicted octanol–water partition coefficient (Wildman–Crippen LogP) is 2.08. The number of hydrogen-bond acceptors (Lipinski definition) is 4. The molecule has 1 aromatic heterocycles. The van der Waals surface area contributed by atoms with Crippen molar-refractivity contribution in [1.82, 2.24) is 9.78 Å². The van der Waals surface area contributed by atoms with Crippen molar-refractivity contribution in [2.45, 2.75) is 19.4 Å². The number of sulfone groups is 1. The number of benzene rings is 1. The largest absolute Gasteiger partial charge is 0.316 e. The van der Waals surface area contributed by atoms with E-state index in [1.807, 2.05) is 0 Å². The topological polar surface area (TPSA) is 81.1 Å². The molecule has 24 heavy (non-hydrogen) atoms. The molecule has 1 unspecified atom stereocenters. The Labute approximate surface area is 137 Å². The first kappa shape index (κ1) is 16.6. The van der Waals surface area contributed by atoms with E-state index in [0.717, 1.165) is 12.1 Å². The van der Waals surface area contributed by atoms with Gasteiger partial charge in [-0.3, -0.25) is 9.48 Å². The maximum Gasteiger partial charge on any atom is 0.276 e. The van der Waals surface area contributed by atoms with E-state index >= 15 is 0 Å². The number of para-hydroxylation sites is 1. The van der Waals surface area contributed by atoms with Crippen LogP contribution in [0.4, 0.5) is 14.5 Å². The molecule has 1 aromatic carbocycles. The second-order valence-corrected chi connectivity index (χ2v) is 7.95. The molecule has 0 radical (unpaired) electrons. The summed E-state index contributed by atoms with van der Waals surface area (Å²) in [6.07, 6.45) is 0.424. The Bertz CT molecular complexity index is 888. The maximum absolute atomic E-state index is 13.6. The highest BCUT2D eigenvalue weighted by Crippen LogP contribution is 2.25. The molecule has 3 rings (SSSR count). The highest BCUT2D eigenvalue weighted by molar-refractivity contribution is 7.91.